The van der Waals surface area contributed by atoms with Crippen LogP contribution >= 0.6 is 0 Å². The van der Waals surface area contributed by atoms with Crippen molar-refractivity contribution in [3.63, 3.8) is 0 Å². The van der Waals surface area contributed by atoms with Gasteiger partial charge in [-0.25, -0.2) is 4.79 Å². The number of likely N-dealkylation sites (tertiary alicyclic amines) is 1. The Hall–Kier alpha value is -1.29. The summed E-state index contributed by atoms with van der Waals surface area (Å²) in [6, 6.07) is 3.83. The van der Waals surface area contributed by atoms with Crippen LogP contribution in [-0.4, -0.2) is 31.1 Å². The monoisotopic (exact) mass is 263 g/mol. The van der Waals surface area contributed by atoms with E-state index in [1.807, 2.05) is 6.07 Å². The summed E-state index contributed by atoms with van der Waals surface area (Å²) < 4.78 is 10.3. The van der Waals surface area contributed by atoms with Gasteiger partial charge in [0.25, 0.3) is 0 Å². The molecule has 1 aliphatic carbocycles. The maximum Gasteiger partial charge on any atom is 0.373 e. The number of hydrogen-bond acceptors (Lipinski definition) is 4. The van der Waals surface area contributed by atoms with Gasteiger partial charge in [-0.3, -0.25) is 4.90 Å². The molecule has 1 saturated heterocycles. The Labute approximate surface area is 113 Å². The summed E-state index contributed by atoms with van der Waals surface area (Å²) in [5.41, 5.74) is 0.589. The number of carbonyl (C=O) groups is 1. The number of furan rings is 1. The lowest BCUT2D eigenvalue weighted by atomic mass is 9.68. The van der Waals surface area contributed by atoms with Gasteiger partial charge >= 0.3 is 5.97 Å². The molecule has 3 rings (SSSR count). The van der Waals surface area contributed by atoms with Gasteiger partial charge in [-0.2, -0.15) is 0 Å². The molecule has 19 heavy (non-hydrogen) atoms. The minimum Gasteiger partial charge on any atom is -0.463 e. The average molecular weight is 263 g/mol. The molecule has 1 aliphatic heterocycles. The molecule has 104 valence electrons. The van der Waals surface area contributed by atoms with E-state index in [0.29, 0.717) is 11.2 Å². The Morgan fingerprint density at radius 3 is 2.79 bits per heavy atom. The largest absolute Gasteiger partial charge is 0.463 e. The van der Waals surface area contributed by atoms with Crippen LogP contribution in [0.1, 0.15) is 55.0 Å². The van der Waals surface area contributed by atoms with E-state index >= 15 is 0 Å². The summed E-state index contributed by atoms with van der Waals surface area (Å²) in [5, 5.41) is 0. The van der Waals surface area contributed by atoms with Crippen LogP contribution in [0.2, 0.25) is 0 Å². The van der Waals surface area contributed by atoms with Crippen molar-refractivity contribution >= 4 is 5.97 Å². The third-order valence-corrected chi connectivity index (χ3v) is 4.85. The molecule has 1 aromatic heterocycles. The molecule has 4 heteroatoms. The van der Waals surface area contributed by atoms with E-state index in [0.717, 1.165) is 12.3 Å². The zero-order valence-electron chi connectivity index (χ0n) is 11.6. The van der Waals surface area contributed by atoms with Crippen molar-refractivity contribution in [3.05, 3.63) is 23.7 Å². The quantitative estimate of drug-likeness (QED) is 0.786. The van der Waals surface area contributed by atoms with E-state index in [2.05, 4.69) is 16.6 Å². The molecule has 1 atom stereocenters. The Morgan fingerprint density at radius 1 is 1.42 bits per heavy atom. The molecule has 2 heterocycles. The highest BCUT2D eigenvalue weighted by molar-refractivity contribution is 5.86. The fraction of sp³-hybridized carbons (Fsp3) is 0.667. The van der Waals surface area contributed by atoms with Crippen molar-refractivity contribution < 1.29 is 13.9 Å². The van der Waals surface area contributed by atoms with Crippen molar-refractivity contribution in [1.82, 2.24) is 4.90 Å². The predicted octanol–water partition coefficient (Wildman–Crippen LogP) is 3.00. The number of methoxy groups -OCH3 is 1. The summed E-state index contributed by atoms with van der Waals surface area (Å²) in [7, 11) is 1.37. The van der Waals surface area contributed by atoms with Crippen LogP contribution in [0.5, 0.6) is 0 Å². The molecule has 0 unspecified atom stereocenters. The minimum atomic E-state index is -0.407. The molecule has 4 nitrogen and oxygen atoms in total. The highest BCUT2D eigenvalue weighted by Crippen LogP contribution is 2.49. The van der Waals surface area contributed by atoms with Gasteiger partial charge in [0.05, 0.1) is 13.2 Å². The van der Waals surface area contributed by atoms with Gasteiger partial charge in [-0.05, 0) is 50.3 Å². The molecule has 0 N–H and O–H groups in total. The van der Waals surface area contributed by atoms with Crippen LogP contribution in [0, 0.1) is 5.41 Å². The first kappa shape index (κ1) is 12.7. The average Bonchev–Trinajstić information content (AvgIpc) is 3.03. The second-order valence-electron chi connectivity index (χ2n) is 5.94. The predicted molar refractivity (Wildman–Crippen MR) is 70.9 cm³/mol. The Bertz CT molecular complexity index is 475. The maximum absolute atomic E-state index is 11.4. The molecule has 2 aliphatic rings. The van der Waals surface area contributed by atoms with E-state index in [-0.39, 0.29) is 6.04 Å². The van der Waals surface area contributed by atoms with Gasteiger partial charge in [0.2, 0.25) is 5.76 Å². The fourth-order valence-electron chi connectivity index (χ4n) is 3.35. The zero-order valence-corrected chi connectivity index (χ0v) is 11.6. The molecule has 0 bridgehead atoms. The molecule has 2 fully saturated rings. The van der Waals surface area contributed by atoms with E-state index in [9.17, 15) is 4.79 Å². The van der Waals surface area contributed by atoms with Crippen LogP contribution in [0.4, 0.5) is 0 Å². The summed E-state index contributed by atoms with van der Waals surface area (Å²) in [4.78, 5) is 13.9. The van der Waals surface area contributed by atoms with Crippen LogP contribution in [0.15, 0.2) is 16.5 Å². The van der Waals surface area contributed by atoms with Crippen LogP contribution in [-0.2, 0) is 4.74 Å². The number of rotatable bonds is 3. The van der Waals surface area contributed by atoms with Crippen LogP contribution in [0.3, 0.4) is 0 Å². The first-order valence-corrected chi connectivity index (χ1v) is 7.06. The van der Waals surface area contributed by atoms with Crippen molar-refractivity contribution in [2.45, 2.75) is 38.6 Å². The van der Waals surface area contributed by atoms with Crippen LogP contribution < -0.4 is 0 Å². The zero-order chi connectivity index (χ0) is 13.5. The van der Waals surface area contributed by atoms with Crippen molar-refractivity contribution in [1.29, 1.82) is 0 Å². The van der Waals surface area contributed by atoms with Crippen LogP contribution in [0.25, 0.3) is 0 Å². The lowest BCUT2D eigenvalue weighted by Crippen LogP contribution is -2.34. The van der Waals surface area contributed by atoms with Gasteiger partial charge in [0.15, 0.2) is 0 Å². The highest BCUT2D eigenvalue weighted by Gasteiger charge is 2.44. The van der Waals surface area contributed by atoms with E-state index < -0.39 is 5.97 Å². The normalized spacial score (nSPS) is 23.3. The molecule has 1 saturated carbocycles. The maximum atomic E-state index is 11.4. The highest BCUT2D eigenvalue weighted by atomic mass is 16.5. The number of carbonyl (C=O) groups excluding carboxylic acids is 1. The summed E-state index contributed by atoms with van der Waals surface area (Å²) in [5.74, 6) is 0.744. The lowest BCUT2D eigenvalue weighted by Gasteiger charge is -2.38. The molecule has 0 aromatic carbocycles. The third kappa shape index (κ3) is 2.18. The third-order valence-electron chi connectivity index (χ3n) is 4.85. The minimum absolute atomic E-state index is 0.235. The molecule has 1 spiro atoms. The summed E-state index contributed by atoms with van der Waals surface area (Å²) in [6.45, 7) is 4.45. The molecule has 0 radical (unpaired) electrons. The molecular formula is C15H21NO3. The summed E-state index contributed by atoms with van der Waals surface area (Å²) >= 11 is 0. The van der Waals surface area contributed by atoms with E-state index in [1.54, 1.807) is 6.07 Å². The second kappa shape index (κ2) is 4.67. The Morgan fingerprint density at radius 2 is 2.21 bits per heavy atom. The number of esters is 1. The van der Waals surface area contributed by atoms with Gasteiger partial charge in [-0.15, -0.1) is 0 Å². The van der Waals surface area contributed by atoms with E-state index in [4.69, 9.17) is 4.42 Å². The summed E-state index contributed by atoms with van der Waals surface area (Å²) in [6.07, 6.45) is 5.45. The van der Waals surface area contributed by atoms with Crippen molar-refractivity contribution in [2.75, 3.05) is 20.2 Å². The second-order valence-corrected chi connectivity index (χ2v) is 5.94. The fourth-order valence-corrected chi connectivity index (χ4v) is 3.35. The van der Waals surface area contributed by atoms with Gasteiger partial charge in [0.1, 0.15) is 5.76 Å². The number of ether oxygens (including phenoxy) is 1. The SMILES string of the molecule is COC(=O)c1ccc([C@H](C)N2CCC3(CCC3)C2)o1. The lowest BCUT2D eigenvalue weighted by molar-refractivity contribution is 0.0558. The van der Waals surface area contributed by atoms with Gasteiger partial charge in [-0.1, -0.05) is 6.42 Å². The first-order chi connectivity index (χ1) is 9.13. The van der Waals surface area contributed by atoms with Gasteiger partial charge in [0, 0.05) is 6.54 Å². The molecular weight excluding hydrogens is 242 g/mol. The molecule has 0 amide bonds. The van der Waals surface area contributed by atoms with Crippen molar-refractivity contribution in [3.8, 4) is 0 Å². The van der Waals surface area contributed by atoms with Crippen molar-refractivity contribution in [2.24, 2.45) is 5.41 Å². The molecule has 1 aromatic rings. The standard InChI is InChI=1S/C15H21NO3/c1-11(12-4-5-13(19-12)14(17)18-2)16-9-8-15(10-16)6-3-7-15/h4-5,11H,3,6-10H2,1-2H3/t11-/m0/s1. The number of nitrogens with zero attached hydrogens (tertiary/aromatic N) is 1. The Kier molecular flexibility index (Phi) is 3.13. The topological polar surface area (TPSA) is 42.7 Å². The number of hydrogen-bond donors (Lipinski definition) is 0. The van der Waals surface area contributed by atoms with Gasteiger partial charge < -0.3 is 9.15 Å². The van der Waals surface area contributed by atoms with E-state index in [1.165, 1.54) is 39.3 Å². The Balaban J connectivity index is 1.68. The first-order valence-electron chi connectivity index (χ1n) is 7.06. The smallest absolute Gasteiger partial charge is 0.373 e.